The molecular weight excluding hydrogens is 447 g/mol. The maximum absolute atomic E-state index is 14.5. The van der Waals surface area contributed by atoms with E-state index in [0.29, 0.717) is 37.1 Å². The number of ether oxygens (including phenoxy) is 1. The number of hydrogen-bond donors (Lipinski definition) is 1. The molecule has 0 aliphatic carbocycles. The lowest BCUT2D eigenvalue weighted by Gasteiger charge is -2.45. The van der Waals surface area contributed by atoms with Gasteiger partial charge in [-0.2, -0.15) is 18.3 Å². The quantitative estimate of drug-likeness (QED) is 0.686. The third-order valence-corrected chi connectivity index (χ3v) is 7.24. The van der Waals surface area contributed by atoms with Crippen molar-refractivity contribution in [2.75, 3.05) is 38.5 Å². The summed E-state index contributed by atoms with van der Waals surface area (Å²) in [5, 5.41) is 4.25. The second-order valence-corrected chi connectivity index (χ2v) is 9.55. The van der Waals surface area contributed by atoms with Gasteiger partial charge in [0.25, 0.3) is 5.92 Å². The molecule has 0 radical (unpaired) electrons. The molecule has 3 aliphatic heterocycles. The van der Waals surface area contributed by atoms with Crippen LogP contribution in [0.15, 0.2) is 18.5 Å². The molecule has 2 atom stereocenters. The number of halogens is 5. The molecule has 5 heterocycles. The molecule has 182 valence electrons. The molecule has 3 fully saturated rings. The van der Waals surface area contributed by atoms with Crippen LogP contribution >= 0.6 is 0 Å². The number of piperidine rings is 1. The standard InChI is InChI=1S/C21H27F5N6O/c22-20(23)10-19(5-7-30(8-6-19)12-21(24,25)26)31(11-20)9-14-1-4-17(33-14)15-2-3-16-18(27)28-13-29-32(15)16/h2-3,13-14,17H,1,4-12H2,(H2,27,28,29)/t14-,17+/m0/s1. The maximum Gasteiger partial charge on any atom is 0.401 e. The Morgan fingerprint density at radius 1 is 1.15 bits per heavy atom. The average molecular weight is 474 g/mol. The number of likely N-dealkylation sites (tertiary alicyclic amines) is 2. The largest absolute Gasteiger partial charge is 0.401 e. The van der Waals surface area contributed by atoms with Crippen LogP contribution in [0.2, 0.25) is 0 Å². The van der Waals surface area contributed by atoms with E-state index < -0.39 is 24.2 Å². The average Bonchev–Trinajstić information content (AvgIpc) is 3.40. The molecule has 0 amide bonds. The molecule has 3 saturated heterocycles. The topological polar surface area (TPSA) is 71.9 Å². The molecule has 33 heavy (non-hydrogen) atoms. The summed E-state index contributed by atoms with van der Waals surface area (Å²) in [6, 6.07) is 3.71. The van der Waals surface area contributed by atoms with Crippen molar-refractivity contribution in [2.45, 2.75) is 61.9 Å². The Morgan fingerprint density at radius 3 is 2.64 bits per heavy atom. The minimum absolute atomic E-state index is 0.164. The summed E-state index contributed by atoms with van der Waals surface area (Å²) >= 11 is 0. The van der Waals surface area contributed by atoms with E-state index in [1.54, 1.807) is 9.42 Å². The van der Waals surface area contributed by atoms with E-state index in [-0.39, 0.29) is 38.3 Å². The van der Waals surface area contributed by atoms with Crippen molar-refractivity contribution in [3.8, 4) is 0 Å². The third-order valence-electron chi connectivity index (χ3n) is 7.24. The molecular formula is C21H27F5N6O. The van der Waals surface area contributed by atoms with Crippen LogP contribution in [0.3, 0.4) is 0 Å². The van der Waals surface area contributed by atoms with Gasteiger partial charge < -0.3 is 10.5 Å². The summed E-state index contributed by atoms with van der Waals surface area (Å²) in [6.07, 6.45) is -1.67. The molecule has 2 aromatic rings. The fraction of sp³-hybridized carbons (Fsp3) is 0.714. The molecule has 3 aliphatic rings. The number of nitrogens with zero attached hydrogens (tertiary/aromatic N) is 5. The second-order valence-electron chi connectivity index (χ2n) is 9.55. The fourth-order valence-corrected chi connectivity index (χ4v) is 5.75. The van der Waals surface area contributed by atoms with Crippen molar-refractivity contribution in [3.63, 3.8) is 0 Å². The number of alkyl halides is 5. The first-order valence-electron chi connectivity index (χ1n) is 11.2. The Bertz CT molecular complexity index is 1000. The number of hydrogen-bond acceptors (Lipinski definition) is 6. The van der Waals surface area contributed by atoms with Crippen molar-refractivity contribution in [2.24, 2.45) is 0 Å². The molecule has 12 heteroatoms. The monoisotopic (exact) mass is 474 g/mol. The van der Waals surface area contributed by atoms with Gasteiger partial charge in [0.05, 0.1) is 24.9 Å². The number of nitrogen functional groups attached to an aromatic ring is 1. The van der Waals surface area contributed by atoms with Crippen LogP contribution in [0.4, 0.5) is 27.8 Å². The highest BCUT2D eigenvalue weighted by molar-refractivity contribution is 5.65. The van der Waals surface area contributed by atoms with E-state index in [2.05, 4.69) is 10.1 Å². The molecule has 2 aromatic heterocycles. The van der Waals surface area contributed by atoms with Crippen LogP contribution in [0, 0.1) is 0 Å². The van der Waals surface area contributed by atoms with Crippen molar-refractivity contribution in [3.05, 3.63) is 24.2 Å². The zero-order valence-corrected chi connectivity index (χ0v) is 18.1. The Hall–Kier alpha value is -2.05. The molecule has 2 N–H and O–H groups in total. The van der Waals surface area contributed by atoms with E-state index in [0.717, 1.165) is 12.1 Å². The zero-order chi connectivity index (χ0) is 23.4. The maximum atomic E-state index is 14.5. The van der Waals surface area contributed by atoms with E-state index in [1.807, 2.05) is 12.1 Å². The molecule has 0 saturated carbocycles. The third kappa shape index (κ3) is 4.52. The predicted octanol–water partition coefficient (Wildman–Crippen LogP) is 3.27. The summed E-state index contributed by atoms with van der Waals surface area (Å²) in [5.74, 6) is -2.49. The van der Waals surface area contributed by atoms with Gasteiger partial charge >= 0.3 is 6.18 Å². The van der Waals surface area contributed by atoms with Crippen LogP contribution in [-0.2, 0) is 4.74 Å². The van der Waals surface area contributed by atoms with E-state index in [4.69, 9.17) is 10.5 Å². The second kappa shape index (κ2) is 8.02. The summed E-state index contributed by atoms with van der Waals surface area (Å²) < 4.78 is 75.1. The van der Waals surface area contributed by atoms with Crippen LogP contribution in [0.25, 0.3) is 5.52 Å². The Labute approximate surface area is 187 Å². The molecule has 7 nitrogen and oxygen atoms in total. The highest BCUT2D eigenvalue weighted by atomic mass is 19.4. The van der Waals surface area contributed by atoms with Gasteiger partial charge in [-0.25, -0.2) is 18.3 Å². The summed E-state index contributed by atoms with van der Waals surface area (Å²) in [6.45, 7) is -0.707. The van der Waals surface area contributed by atoms with E-state index in [9.17, 15) is 22.0 Å². The highest BCUT2D eigenvalue weighted by Crippen LogP contribution is 2.46. The van der Waals surface area contributed by atoms with Gasteiger partial charge in [-0.05, 0) is 37.8 Å². The van der Waals surface area contributed by atoms with Crippen LogP contribution in [0.1, 0.15) is 43.9 Å². The van der Waals surface area contributed by atoms with Gasteiger partial charge in [-0.1, -0.05) is 0 Å². The minimum Gasteiger partial charge on any atom is -0.382 e. The van der Waals surface area contributed by atoms with Gasteiger partial charge in [0.2, 0.25) is 0 Å². The van der Waals surface area contributed by atoms with Gasteiger partial charge in [0.15, 0.2) is 5.82 Å². The summed E-state index contributed by atoms with van der Waals surface area (Å²) in [7, 11) is 0. The molecule has 0 aromatic carbocycles. The first-order valence-corrected chi connectivity index (χ1v) is 11.2. The predicted molar refractivity (Wildman–Crippen MR) is 110 cm³/mol. The number of rotatable bonds is 4. The number of fused-ring (bicyclic) bond motifs is 1. The Morgan fingerprint density at radius 2 is 1.91 bits per heavy atom. The van der Waals surface area contributed by atoms with Crippen molar-refractivity contribution in [1.82, 2.24) is 24.4 Å². The van der Waals surface area contributed by atoms with Crippen molar-refractivity contribution in [1.29, 1.82) is 0 Å². The lowest BCUT2D eigenvalue weighted by atomic mass is 9.84. The lowest BCUT2D eigenvalue weighted by molar-refractivity contribution is -0.151. The highest BCUT2D eigenvalue weighted by Gasteiger charge is 2.56. The zero-order valence-electron chi connectivity index (χ0n) is 18.1. The molecule has 1 spiro atoms. The number of nitrogens with two attached hydrogens (primary N) is 1. The first-order chi connectivity index (χ1) is 15.5. The Kier molecular flexibility index (Phi) is 5.52. The lowest BCUT2D eigenvalue weighted by Crippen LogP contribution is -2.54. The smallest absolute Gasteiger partial charge is 0.382 e. The van der Waals surface area contributed by atoms with Crippen molar-refractivity contribution < 1.29 is 26.7 Å². The molecule has 5 rings (SSSR count). The summed E-state index contributed by atoms with van der Waals surface area (Å²) in [5.41, 5.74) is 6.64. The van der Waals surface area contributed by atoms with Gasteiger partial charge in [-0.3, -0.25) is 9.80 Å². The van der Waals surface area contributed by atoms with E-state index >= 15 is 0 Å². The fourth-order valence-electron chi connectivity index (χ4n) is 5.75. The van der Waals surface area contributed by atoms with E-state index in [1.165, 1.54) is 11.2 Å². The van der Waals surface area contributed by atoms with Crippen LogP contribution < -0.4 is 5.73 Å². The van der Waals surface area contributed by atoms with Gasteiger partial charge in [0, 0.05) is 31.6 Å². The van der Waals surface area contributed by atoms with Crippen LogP contribution in [0.5, 0.6) is 0 Å². The van der Waals surface area contributed by atoms with Crippen LogP contribution in [-0.4, -0.2) is 80.9 Å². The van der Waals surface area contributed by atoms with Crippen molar-refractivity contribution >= 4 is 11.3 Å². The number of anilines is 1. The SMILES string of the molecule is Nc1ncnn2c([C@H]3CC[C@@H](CN4CC(F)(F)CC45CCN(CC(F)(F)F)CC5)O3)ccc12. The normalized spacial score (nSPS) is 28.3. The molecule has 0 bridgehead atoms. The van der Waals surface area contributed by atoms with Gasteiger partial charge in [-0.15, -0.1) is 0 Å². The first kappa shape index (κ1) is 22.7. The number of aromatic nitrogens is 3. The Balaban J connectivity index is 1.26. The summed E-state index contributed by atoms with van der Waals surface area (Å²) in [4.78, 5) is 7.07. The molecule has 0 unspecified atom stereocenters. The minimum atomic E-state index is -4.28. The van der Waals surface area contributed by atoms with Gasteiger partial charge in [0.1, 0.15) is 17.9 Å².